The summed E-state index contributed by atoms with van der Waals surface area (Å²) in [6.45, 7) is 0. The van der Waals surface area contributed by atoms with Gasteiger partial charge in [0.25, 0.3) is 0 Å². The largest absolute Gasteiger partial charge is 0.504 e. The molecule has 0 saturated carbocycles. The molecule has 0 fully saturated rings. The molecule has 0 saturated heterocycles. The van der Waals surface area contributed by atoms with E-state index in [9.17, 15) is 0 Å². The van der Waals surface area contributed by atoms with Crippen LogP contribution in [0.15, 0.2) is 48.5 Å². The molecule has 0 aromatic heterocycles. The van der Waals surface area contributed by atoms with Gasteiger partial charge < -0.3 is 20.4 Å². The number of para-hydroxylation sites is 4. The van der Waals surface area contributed by atoms with Crippen LogP contribution in [-0.2, 0) is 21.7 Å². The molecule has 0 amide bonds. The van der Waals surface area contributed by atoms with E-state index >= 15 is 0 Å². The van der Waals surface area contributed by atoms with Gasteiger partial charge in [-0.25, -0.2) is 0 Å². The summed E-state index contributed by atoms with van der Waals surface area (Å²) < 4.78 is 0. The SMILES string of the molecule is Oc1ccccc1O.Oc1ccccc1O.[Ti]. The van der Waals surface area contributed by atoms with Crippen molar-refractivity contribution in [2.24, 2.45) is 0 Å². The van der Waals surface area contributed by atoms with Crippen molar-refractivity contribution in [3.63, 3.8) is 0 Å². The maximum Gasteiger partial charge on any atom is 0.157 e. The van der Waals surface area contributed by atoms with Crippen LogP contribution < -0.4 is 0 Å². The minimum Gasteiger partial charge on any atom is -0.504 e. The molecule has 88 valence electrons. The fourth-order valence-corrected chi connectivity index (χ4v) is 0.928. The third-order valence-corrected chi connectivity index (χ3v) is 1.76. The Bertz CT molecular complexity index is 374. The number of hydrogen-bond acceptors (Lipinski definition) is 4. The third-order valence-electron chi connectivity index (χ3n) is 1.76. The van der Waals surface area contributed by atoms with E-state index in [0.29, 0.717) is 0 Å². The van der Waals surface area contributed by atoms with Gasteiger partial charge in [-0.1, -0.05) is 24.3 Å². The summed E-state index contributed by atoms with van der Waals surface area (Å²) in [5, 5.41) is 34.7. The van der Waals surface area contributed by atoms with Crippen molar-refractivity contribution in [2.75, 3.05) is 0 Å². The van der Waals surface area contributed by atoms with Crippen molar-refractivity contribution in [1.29, 1.82) is 0 Å². The van der Waals surface area contributed by atoms with Gasteiger partial charge in [0.05, 0.1) is 0 Å². The van der Waals surface area contributed by atoms with Crippen molar-refractivity contribution in [3.05, 3.63) is 48.5 Å². The van der Waals surface area contributed by atoms with Gasteiger partial charge in [0.15, 0.2) is 23.0 Å². The zero-order valence-electron chi connectivity index (χ0n) is 8.91. The molecule has 0 aliphatic rings. The van der Waals surface area contributed by atoms with Crippen LogP contribution in [0.1, 0.15) is 0 Å². The number of hydrogen-bond donors (Lipinski definition) is 4. The second kappa shape index (κ2) is 7.60. The van der Waals surface area contributed by atoms with Gasteiger partial charge in [0.2, 0.25) is 0 Å². The van der Waals surface area contributed by atoms with E-state index in [0.717, 1.165) is 0 Å². The second-order valence-corrected chi connectivity index (χ2v) is 2.98. The summed E-state index contributed by atoms with van der Waals surface area (Å²) in [5.74, 6) is -0.306. The summed E-state index contributed by atoms with van der Waals surface area (Å²) in [6, 6.07) is 12.3. The Morgan fingerprint density at radius 3 is 0.765 bits per heavy atom. The minimum atomic E-state index is -0.0764. The van der Waals surface area contributed by atoms with Crippen molar-refractivity contribution < 1.29 is 42.1 Å². The molecular formula is C12H12O4Ti. The zero-order chi connectivity index (χ0) is 12.0. The predicted molar refractivity (Wildman–Crippen MR) is 59.5 cm³/mol. The molecule has 4 nitrogen and oxygen atoms in total. The van der Waals surface area contributed by atoms with Crippen LogP contribution in [0.2, 0.25) is 0 Å². The molecule has 2 aromatic rings. The smallest absolute Gasteiger partial charge is 0.157 e. The average Bonchev–Trinajstić information content (AvgIpc) is 2.28. The Hall–Kier alpha value is -1.65. The Kier molecular flexibility index (Phi) is 6.86. The number of phenolic OH excluding ortho intramolecular Hbond substituents is 4. The Morgan fingerprint density at radius 1 is 0.471 bits per heavy atom. The first-order valence-corrected chi connectivity index (χ1v) is 4.55. The number of rotatable bonds is 0. The molecular weight excluding hydrogens is 256 g/mol. The molecule has 2 rings (SSSR count). The predicted octanol–water partition coefficient (Wildman–Crippen LogP) is 2.19. The normalized spacial score (nSPS) is 8.47. The number of aromatic hydroxyl groups is 4. The third kappa shape index (κ3) is 5.29. The fourth-order valence-electron chi connectivity index (χ4n) is 0.928. The van der Waals surface area contributed by atoms with Gasteiger partial charge in [-0.3, -0.25) is 0 Å². The van der Waals surface area contributed by atoms with Crippen LogP contribution in [0.5, 0.6) is 23.0 Å². The van der Waals surface area contributed by atoms with Crippen LogP contribution in [0.3, 0.4) is 0 Å². The van der Waals surface area contributed by atoms with Crippen molar-refractivity contribution in [2.45, 2.75) is 0 Å². The molecule has 0 bridgehead atoms. The van der Waals surface area contributed by atoms with Gasteiger partial charge in [-0.15, -0.1) is 0 Å². The molecule has 0 aliphatic carbocycles. The van der Waals surface area contributed by atoms with E-state index < -0.39 is 0 Å². The molecule has 0 heterocycles. The molecule has 0 radical (unpaired) electrons. The first-order chi connectivity index (χ1) is 7.61. The molecule has 17 heavy (non-hydrogen) atoms. The van der Waals surface area contributed by atoms with Crippen molar-refractivity contribution in [1.82, 2.24) is 0 Å². The van der Waals surface area contributed by atoms with Crippen LogP contribution in [0.4, 0.5) is 0 Å². The van der Waals surface area contributed by atoms with E-state index in [1.807, 2.05) is 0 Å². The molecule has 0 atom stereocenters. The van der Waals surface area contributed by atoms with Gasteiger partial charge in [-0.05, 0) is 24.3 Å². The van der Waals surface area contributed by atoms with Crippen LogP contribution in [0.25, 0.3) is 0 Å². The van der Waals surface area contributed by atoms with Crippen molar-refractivity contribution >= 4 is 0 Å². The van der Waals surface area contributed by atoms with Crippen molar-refractivity contribution in [3.8, 4) is 23.0 Å². The van der Waals surface area contributed by atoms with E-state index in [1.165, 1.54) is 24.3 Å². The summed E-state index contributed by atoms with van der Waals surface area (Å²) in [7, 11) is 0. The summed E-state index contributed by atoms with van der Waals surface area (Å²) >= 11 is 0. The van der Waals surface area contributed by atoms with Gasteiger partial charge in [0, 0.05) is 21.7 Å². The average molecular weight is 268 g/mol. The standard InChI is InChI=1S/2C6H6O2.Ti/c2*7-5-3-1-2-4-6(5)8;/h2*1-4,7-8H;. The van der Waals surface area contributed by atoms with Gasteiger partial charge >= 0.3 is 0 Å². The summed E-state index contributed by atoms with van der Waals surface area (Å²) in [6.07, 6.45) is 0. The zero-order valence-corrected chi connectivity index (χ0v) is 10.5. The first kappa shape index (κ1) is 15.4. The van der Waals surface area contributed by atoms with E-state index in [4.69, 9.17) is 20.4 Å². The van der Waals surface area contributed by atoms with Crippen LogP contribution >= 0.6 is 0 Å². The molecule has 5 heteroatoms. The Balaban J connectivity index is 0.000000284. The Labute approximate surface area is 114 Å². The number of phenols is 4. The van der Waals surface area contributed by atoms with Crippen LogP contribution in [-0.4, -0.2) is 20.4 Å². The quantitative estimate of drug-likeness (QED) is 0.436. The minimum absolute atomic E-state index is 0. The molecule has 4 N–H and O–H groups in total. The van der Waals surface area contributed by atoms with E-state index in [1.54, 1.807) is 24.3 Å². The summed E-state index contributed by atoms with van der Waals surface area (Å²) in [4.78, 5) is 0. The molecule has 0 unspecified atom stereocenters. The fraction of sp³-hybridized carbons (Fsp3) is 0. The topological polar surface area (TPSA) is 80.9 Å². The van der Waals surface area contributed by atoms with Gasteiger partial charge in [0.1, 0.15) is 0 Å². The molecule has 0 spiro atoms. The first-order valence-electron chi connectivity index (χ1n) is 4.55. The monoisotopic (exact) mass is 268 g/mol. The number of benzene rings is 2. The van der Waals surface area contributed by atoms with E-state index in [2.05, 4.69) is 0 Å². The second-order valence-electron chi connectivity index (χ2n) is 2.98. The van der Waals surface area contributed by atoms with E-state index in [-0.39, 0.29) is 44.7 Å². The molecule has 0 aliphatic heterocycles. The van der Waals surface area contributed by atoms with Gasteiger partial charge in [-0.2, -0.15) is 0 Å². The van der Waals surface area contributed by atoms with Crippen LogP contribution in [0, 0.1) is 0 Å². The maximum absolute atomic E-state index is 8.67. The maximum atomic E-state index is 8.67. The molecule has 2 aromatic carbocycles. The Morgan fingerprint density at radius 2 is 0.647 bits per heavy atom. The summed E-state index contributed by atoms with van der Waals surface area (Å²) in [5.41, 5.74) is 0.